The van der Waals surface area contributed by atoms with Crippen molar-refractivity contribution < 1.29 is 19.4 Å². The number of unbranched alkanes of at least 4 members (excludes halogenated alkanes) is 1. The van der Waals surface area contributed by atoms with Crippen molar-refractivity contribution in [2.24, 2.45) is 0 Å². The Morgan fingerprint density at radius 1 is 1.47 bits per heavy atom. The van der Waals surface area contributed by atoms with E-state index >= 15 is 0 Å². The standard InChI is InChI=1S/C11H16O4/c1-3-4-8-15-11(14)9(2)6-5-7-10(12)13/h5,7H,2-4,6,8H2,1H3,(H,12,13). The molecule has 0 unspecified atom stereocenters. The average molecular weight is 212 g/mol. The quantitative estimate of drug-likeness (QED) is 0.398. The predicted molar refractivity (Wildman–Crippen MR) is 56.4 cm³/mol. The first-order valence-corrected chi connectivity index (χ1v) is 4.82. The molecule has 0 aromatic rings. The molecule has 15 heavy (non-hydrogen) atoms. The van der Waals surface area contributed by atoms with Gasteiger partial charge in [0.05, 0.1) is 6.61 Å². The van der Waals surface area contributed by atoms with Gasteiger partial charge in [-0.3, -0.25) is 0 Å². The highest BCUT2D eigenvalue weighted by Crippen LogP contribution is 2.03. The molecule has 84 valence electrons. The number of rotatable bonds is 7. The predicted octanol–water partition coefficient (Wildman–Crippen LogP) is 1.92. The maximum atomic E-state index is 11.2. The van der Waals surface area contributed by atoms with Crippen LogP contribution in [0.25, 0.3) is 0 Å². The summed E-state index contributed by atoms with van der Waals surface area (Å²) in [5, 5.41) is 8.31. The van der Waals surface area contributed by atoms with Crippen molar-refractivity contribution >= 4 is 11.9 Å². The van der Waals surface area contributed by atoms with Crippen LogP contribution in [0, 0.1) is 0 Å². The molecule has 1 N–H and O–H groups in total. The molecule has 0 rings (SSSR count). The third-order valence-electron chi connectivity index (χ3n) is 1.64. The summed E-state index contributed by atoms with van der Waals surface area (Å²) in [6.45, 7) is 5.90. The van der Waals surface area contributed by atoms with Crippen LogP contribution in [0.1, 0.15) is 26.2 Å². The Labute approximate surface area is 89.2 Å². The van der Waals surface area contributed by atoms with Gasteiger partial charge in [-0.15, -0.1) is 0 Å². The van der Waals surface area contributed by atoms with Crippen LogP contribution in [0.5, 0.6) is 0 Å². The van der Waals surface area contributed by atoms with Gasteiger partial charge in [0.15, 0.2) is 0 Å². The van der Waals surface area contributed by atoms with Crippen LogP contribution in [-0.2, 0) is 14.3 Å². The molecule has 0 heterocycles. The molecule has 0 spiro atoms. The molecule has 0 fully saturated rings. The molecule has 0 aromatic heterocycles. The van der Waals surface area contributed by atoms with Gasteiger partial charge in [0.2, 0.25) is 0 Å². The van der Waals surface area contributed by atoms with E-state index in [1.54, 1.807) is 0 Å². The molecule has 4 nitrogen and oxygen atoms in total. The number of carboxylic acid groups (broad SMARTS) is 1. The second-order valence-electron chi connectivity index (χ2n) is 3.04. The van der Waals surface area contributed by atoms with Gasteiger partial charge in [-0.05, 0) is 12.8 Å². The molecule has 0 aliphatic heterocycles. The van der Waals surface area contributed by atoms with E-state index < -0.39 is 11.9 Å². The van der Waals surface area contributed by atoms with Crippen molar-refractivity contribution in [3.63, 3.8) is 0 Å². The van der Waals surface area contributed by atoms with E-state index in [9.17, 15) is 9.59 Å². The van der Waals surface area contributed by atoms with Crippen LogP contribution in [-0.4, -0.2) is 23.7 Å². The third kappa shape index (κ3) is 7.49. The number of aliphatic carboxylic acids is 1. The van der Waals surface area contributed by atoms with Gasteiger partial charge in [0, 0.05) is 11.6 Å². The summed E-state index contributed by atoms with van der Waals surface area (Å²) in [5.74, 6) is -1.50. The molecular formula is C11H16O4. The number of carbonyl (C=O) groups is 2. The van der Waals surface area contributed by atoms with E-state index in [-0.39, 0.29) is 12.0 Å². The van der Waals surface area contributed by atoms with E-state index in [1.807, 2.05) is 6.92 Å². The number of esters is 1. The summed E-state index contributed by atoms with van der Waals surface area (Å²) < 4.78 is 4.88. The van der Waals surface area contributed by atoms with Gasteiger partial charge in [-0.1, -0.05) is 26.0 Å². The van der Waals surface area contributed by atoms with E-state index in [1.165, 1.54) is 6.08 Å². The molecule has 0 atom stereocenters. The van der Waals surface area contributed by atoms with Crippen LogP contribution in [0.3, 0.4) is 0 Å². The number of hydrogen-bond acceptors (Lipinski definition) is 3. The zero-order valence-corrected chi connectivity index (χ0v) is 8.86. The van der Waals surface area contributed by atoms with Crippen molar-refractivity contribution in [2.75, 3.05) is 6.61 Å². The minimum Gasteiger partial charge on any atom is -0.478 e. The fraction of sp³-hybridized carbons (Fsp3) is 0.455. The normalized spacial score (nSPS) is 10.2. The van der Waals surface area contributed by atoms with Crippen LogP contribution >= 0.6 is 0 Å². The molecule has 0 aromatic carbocycles. The molecule has 0 saturated carbocycles. The van der Waals surface area contributed by atoms with Crippen molar-refractivity contribution in [1.29, 1.82) is 0 Å². The summed E-state index contributed by atoms with van der Waals surface area (Å²) >= 11 is 0. The van der Waals surface area contributed by atoms with E-state index in [0.717, 1.165) is 18.9 Å². The Morgan fingerprint density at radius 2 is 2.13 bits per heavy atom. The van der Waals surface area contributed by atoms with E-state index in [2.05, 4.69) is 6.58 Å². The Kier molecular flexibility index (Phi) is 6.97. The van der Waals surface area contributed by atoms with E-state index in [0.29, 0.717) is 6.61 Å². The summed E-state index contributed by atoms with van der Waals surface area (Å²) in [5.41, 5.74) is 0.267. The largest absolute Gasteiger partial charge is 0.478 e. The molecule has 0 amide bonds. The van der Waals surface area contributed by atoms with Gasteiger partial charge in [-0.25, -0.2) is 9.59 Å². The lowest BCUT2D eigenvalue weighted by Gasteiger charge is -2.03. The SMILES string of the molecule is C=C(CC=CC(=O)O)C(=O)OCCCC. The van der Waals surface area contributed by atoms with Crippen LogP contribution in [0.2, 0.25) is 0 Å². The topological polar surface area (TPSA) is 63.6 Å². The number of ether oxygens (including phenoxy) is 1. The van der Waals surface area contributed by atoms with Crippen molar-refractivity contribution in [3.05, 3.63) is 24.3 Å². The van der Waals surface area contributed by atoms with Crippen molar-refractivity contribution in [2.45, 2.75) is 26.2 Å². The van der Waals surface area contributed by atoms with Gasteiger partial charge >= 0.3 is 11.9 Å². The highest BCUT2D eigenvalue weighted by Gasteiger charge is 2.05. The fourth-order valence-corrected chi connectivity index (χ4v) is 0.797. The third-order valence-corrected chi connectivity index (χ3v) is 1.64. The lowest BCUT2D eigenvalue weighted by Crippen LogP contribution is -2.07. The zero-order chi connectivity index (χ0) is 11.7. The molecule has 0 aliphatic rings. The number of hydrogen-bond donors (Lipinski definition) is 1. The Bertz CT molecular complexity index is 266. The summed E-state index contributed by atoms with van der Waals surface area (Å²) in [4.78, 5) is 21.3. The second kappa shape index (κ2) is 7.79. The monoisotopic (exact) mass is 212 g/mol. The number of carbonyl (C=O) groups excluding carboxylic acids is 1. The fourth-order valence-electron chi connectivity index (χ4n) is 0.797. The molecular weight excluding hydrogens is 196 g/mol. The summed E-state index contributed by atoms with van der Waals surface area (Å²) in [7, 11) is 0. The maximum Gasteiger partial charge on any atom is 0.333 e. The summed E-state index contributed by atoms with van der Waals surface area (Å²) in [6.07, 6.45) is 4.33. The molecule has 0 bridgehead atoms. The van der Waals surface area contributed by atoms with E-state index in [4.69, 9.17) is 9.84 Å². The molecule has 4 heteroatoms. The van der Waals surface area contributed by atoms with Gasteiger partial charge in [-0.2, -0.15) is 0 Å². The Hall–Kier alpha value is -1.58. The minimum atomic E-state index is -1.04. The zero-order valence-electron chi connectivity index (χ0n) is 8.86. The smallest absolute Gasteiger partial charge is 0.333 e. The van der Waals surface area contributed by atoms with Crippen LogP contribution in [0.15, 0.2) is 24.3 Å². The first-order chi connectivity index (χ1) is 7.07. The first kappa shape index (κ1) is 13.4. The van der Waals surface area contributed by atoms with Gasteiger partial charge in [0.25, 0.3) is 0 Å². The Morgan fingerprint density at radius 3 is 2.67 bits per heavy atom. The molecule has 0 radical (unpaired) electrons. The lowest BCUT2D eigenvalue weighted by molar-refractivity contribution is -0.139. The van der Waals surface area contributed by atoms with Gasteiger partial charge in [0.1, 0.15) is 0 Å². The molecule has 0 aliphatic carbocycles. The highest BCUT2D eigenvalue weighted by molar-refractivity contribution is 5.88. The average Bonchev–Trinajstić information content (AvgIpc) is 2.17. The van der Waals surface area contributed by atoms with Gasteiger partial charge < -0.3 is 9.84 Å². The minimum absolute atomic E-state index is 0.206. The van der Waals surface area contributed by atoms with Crippen molar-refractivity contribution in [3.8, 4) is 0 Å². The number of allylic oxidation sites excluding steroid dienone is 1. The summed E-state index contributed by atoms with van der Waals surface area (Å²) in [6, 6.07) is 0. The first-order valence-electron chi connectivity index (χ1n) is 4.82. The highest BCUT2D eigenvalue weighted by atomic mass is 16.5. The number of carboxylic acids is 1. The van der Waals surface area contributed by atoms with Crippen LogP contribution in [0.4, 0.5) is 0 Å². The Balaban J connectivity index is 3.79. The maximum absolute atomic E-state index is 11.2. The van der Waals surface area contributed by atoms with Crippen molar-refractivity contribution in [1.82, 2.24) is 0 Å². The molecule has 0 saturated heterocycles. The lowest BCUT2D eigenvalue weighted by atomic mass is 10.2. The van der Waals surface area contributed by atoms with Crippen LogP contribution < -0.4 is 0 Å². The second-order valence-corrected chi connectivity index (χ2v) is 3.04.